The molecule has 0 saturated carbocycles. The summed E-state index contributed by atoms with van der Waals surface area (Å²) in [5.74, 6) is -0.0458. The van der Waals surface area contributed by atoms with E-state index in [1.54, 1.807) is 11.0 Å². The summed E-state index contributed by atoms with van der Waals surface area (Å²) >= 11 is 0. The van der Waals surface area contributed by atoms with Gasteiger partial charge < -0.3 is 19.5 Å². The molecule has 1 saturated heterocycles. The number of benzene rings is 2. The van der Waals surface area contributed by atoms with Crippen LogP contribution in [-0.4, -0.2) is 41.5 Å². The zero-order chi connectivity index (χ0) is 25.8. The first-order valence-electron chi connectivity index (χ1n) is 12.4. The molecule has 35 heavy (non-hydrogen) atoms. The van der Waals surface area contributed by atoms with Gasteiger partial charge in [0.05, 0.1) is 24.8 Å². The van der Waals surface area contributed by atoms with Crippen molar-refractivity contribution in [2.24, 2.45) is 0 Å². The molecular weight excluding hydrogens is 442 g/mol. The van der Waals surface area contributed by atoms with E-state index in [9.17, 15) is 14.7 Å². The van der Waals surface area contributed by atoms with Crippen LogP contribution in [0.5, 0.6) is 11.5 Å². The Kier molecular flexibility index (Phi) is 8.26. The Balaban J connectivity index is 2.18. The fourth-order valence-electron chi connectivity index (χ4n) is 4.39. The van der Waals surface area contributed by atoms with E-state index in [4.69, 9.17) is 9.47 Å². The molecule has 2 aromatic carbocycles. The van der Waals surface area contributed by atoms with Crippen molar-refractivity contribution in [3.05, 3.63) is 64.7 Å². The van der Waals surface area contributed by atoms with Crippen LogP contribution in [0.15, 0.2) is 48.0 Å². The molecule has 1 fully saturated rings. The third-order valence-corrected chi connectivity index (χ3v) is 6.01. The highest BCUT2D eigenvalue weighted by molar-refractivity contribution is 6.46. The summed E-state index contributed by atoms with van der Waals surface area (Å²) in [5, 5.41) is 11.5. The smallest absolute Gasteiger partial charge is 0.295 e. The lowest BCUT2D eigenvalue weighted by Crippen LogP contribution is -2.30. The maximum atomic E-state index is 13.2. The summed E-state index contributed by atoms with van der Waals surface area (Å²) in [6.45, 7) is 13.6. The highest BCUT2D eigenvalue weighted by Gasteiger charge is 2.45. The summed E-state index contributed by atoms with van der Waals surface area (Å²) in [4.78, 5) is 27.8. The van der Waals surface area contributed by atoms with E-state index in [1.165, 1.54) is 0 Å². The molecule has 0 aliphatic carbocycles. The number of amides is 1. The molecule has 1 amide bonds. The Morgan fingerprint density at radius 3 is 2.37 bits per heavy atom. The Hall–Kier alpha value is -3.28. The number of likely N-dealkylation sites (tertiary alicyclic amines) is 1. The zero-order valence-corrected chi connectivity index (χ0v) is 21.7. The van der Waals surface area contributed by atoms with Crippen molar-refractivity contribution in [2.45, 2.75) is 65.8 Å². The number of nitrogens with zero attached hydrogens (tertiary/aromatic N) is 1. The molecule has 0 spiro atoms. The molecule has 2 aromatic rings. The van der Waals surface area contributed by atoms with E-state index in [-0.39, 0.29) is 16.7 Å². The second-order valence-electron chi connectivity index (χ2n) is 9.81. The second-order valence-corrected chi connectivity index (χ2v) is 9.81. The van der Waals surface area contributed by atoms with Crippen molar-refractivity contribution in [3.63, 3.8) is 0 Å². The minimum Gasteiger partial charge on any atom is -0.507 e. The minimum absolute atomic E-state index is 0.0973. The first-order valence-corrected chi connectivity index (χ1v) is 12.4. The van der Waals surface area contributed by atoms with E-state index >= 15 is 0 Å². The molecule has 6 heteroatoms. The summed E-state index contributed by atoms with van der Waals surface area (Å²) in [7, 11) is 0. The van der Waals surface area contributed by atoms with Gasteiger partial charge in [0.1, 0.15) is 17.3 Å². The van der Waals surface area contributed by atoms with Crippen LogP contribution in [0, 0.1) is 0 Å². The highest BCUT2D eigenvalue weighted by atomic mass is 16.5. The number of rotatable bonds is 9. The molecule has 1 heterocycles. The molecule has 1 aliphatic rings. The summed E-state index contributed by atoms with van der Waals surface area (Å²) in [5.41, 5.74) is 1.98. The third-order valence-electron chi connectivity index (χ3n) is 6.01. The first-order chi connectivity index (χ1) is 16.6. The van der Waals surface area contributed by atoms with E-state index in [2.05, 4.69) is 20.8 Å². The molecule has 0 bridgehead atoms. The molecule has 1 unspecified atom stereocenters. The van der Waals surface area contributed by atoms with Gasteiger partial charge in [-0.25, -0.2) is 0 Å². The van der Waals surface area contributed by atoms with Crippen LogP contribution in [-0.2, 0) is 15.0 Å². The summed E-state index contributed by atoms with van der Waals surface area (Å²) in [6.07, 6.45) is 1.55. The number of ketones is 1. The van der Waals surface area contributed by atoms with Gasteiger partial charge in [-0.05, 0) is 61.1 Å². The Bertz CT molecular complexity index is 1110. The van der Waals surface area contributed by atoms with Gasteiger partial charge >= 0.3 is 0 Å². The van der Waals surface area contributed by atoms with Crippen LogP contribution in [0.4, 0.5) is 0 Å². The van der Waals surface area contributed by atoms with Gasteiger partial charge in [-0.2, -0.15) is 0 Å². The molecule has 188 valence electrons. The second kappa shape index (κ2) is 11.0. The van der Waals surface area contributed by atoms with Gasteiger partial charge in [0.25, 0.3) is 11.7 Å². The van der Waals surface area contributed by atoms with Crippen LogP contribution < -0.4 is 9.47 Å². The zero-order valence-electron chi connectivity index (χ0n) is 21.7. The third kappa shape index (κ3) is 5.53. The maximum absolute atomic E-state index is 13.2. The number of carbonyl (C=O) groups is 2. The lowest BCUT2D eigenvalue weighted by molar-refractivity contribution is -0.139. The van der Waals surface area contributed by atoms with E-state index in [0.717, 1.165) is 23.3 Å². The van der Waals surface area contributed by atoms with Crippen molar-refractivity contribution in [2.75, 3.05) is 19.8 Å². The van der Waals surface area contributed by atoms with Crippen molar-refractivity contribution in [3.8, 4) is 11.5 Å². The predicted octanol–water partition coefficient (Wildman–Crippen LogP) is 6.00. The standard InChI is InChI=1S/C29H37NO5/c1-7-15-30-25(19-11-10-12-21(17-19)35-16-8-2)24(27(32)28(30)33)26(31)20-13-14-23(34-9-3)22(18-20)29(4,5)6/h10-14,17-18,25,31H,7-9,15-16H2,1-6H3/b26-24+. The average Bonchev–Trinajstić information content (AvgIpc) is 3.07. The van der Waals surface area contributed by atoms with Crippen molar-refractivity contribution in [1.29, 1.82) is 0 Å². The van der Waals surface area contributed by atoms with Gasteiger partial charge in [-0.1, -0.05) is 46.8 Å². The monoisotopic (exact) mass is 479 g/mol. The van der Waals surface area contributed by atoms with Crippen molar-refractivity contribution < 1.29 is 24.2 Å². The number of aliphatic hydroxyl groups is 1. The van der Waals surface area contributed by atoms with Crippen LogP contribution in [0.1, 0.15) is 77.1 Å². The number of hydrogen-bond donors (Lipinski definition) is 1. The van der Waals surface area contributed by atoms with E-state index in [0.29, 0.717) is 37.5 Å². The Morgan fingerprint density at radius 1 is 1.00 bits per heavy atom. The quantitative estimate of drug-likeness (QED) is 0.271. The van der Waals surface area contributed by atoms with Crippen molar-refractivity contribution in [1.82, 2.24) is 4.90 Å². The number of hydrogen-bond acceptors (Lipinski definition) is 5. The van der Waals surface area contributed by atoms with Gasteiger partial charge in [-0.15, -0.1) is 0 Å². The molecular formula is C29H37NO5. The molecule has 1 atom stereocenters. The largest absolute Gasteiger partial charge is 0.507 e. The van der Waals surface area contributed by atoms with E-state index in [1.807, 2.05) is 57.2 Å². The van der Waals surface area contributed by atoms with Gasteiger partial charge in [-0.3, -0.25) is 9.59 Å². The fraction of sp³-hybridized carbons (Fsp3) is 0.448. The highest BCUT2D eigenvalue weighted by Crippen LogP contribution is 2.41. The Labute approximate surface area is 208 Å². The van der Waals surface area contributed by atoms with Crippen LogP contribution in [0.2, 0.25) is 0 Å². The number of aliphatic hydroxyl groups excluding tert-OH is 1. The van der Waals surface area contributed by atoms with Crippen LogP contribution in [0.25, 0.3) is 5.76 Å². The SMILES string of the molecule is CCCOc1cccc(C2/C(=C(\O)c3ccc(OCC)c(C(C)(C)C)c3)C(=O)C(=O)N2CCC)c1. The number of Topliss-reactive ketones (excluding diaryl/α,β-unsaturated/α-hetero) is 1. The molecule has 0 radical (unpaired) electrons. The normalized spacial score (nSPS) is 17.7. The van der Waals surface area contributed by atoms with Gasteiger partial charge in [0, 0.05) is 17.7 Å². The summed E-state index contributed by atoms with van der Waals surface area (Å²) < 4.78 is 11.6. The molecule has 1 N–H and O–H groups in total. The van der Waals surface area contributed by atoms with Gasteiger partial charge in [0.2, 0.25) is 0 Å². The number of ether oxygens (including phenoxy) is 2. The Morgan fingerprint density at radius 2 is 1.74 bits per heavy atom. The lowest BCUT2D eigenvalue weighted by Gasteiger charge is -2.26. The predicted molar refractivity (Wildman–Crippen MR) is 138 cm³/mol. The van der Waals surface area contributed by atoms with E-state index < -0.39 is 17.7 Å². The summed E-state index contributed by atoms with van der Waals surface area (Å²) in [6, 6.07) is 12.1. The average molecular weight is 480 g/mol. The van der Waals surface area contributed by atoms with Crippen LogP contribution in [0.3, 0.4) is 0 Å². The minimum atomic E-state index is -0.690. The van der Waals surface area contributed by atoms with Gasteiger partial charge in [0.15, 0.2) is 0 Å². The molecule has 0 aromatic heterocycles. The molecule has 6 nitrogen and oxygen atoms in total. The lowest BCUT2D eigenvalue weighted by atomic mass is 9.84. The topological polar surface area (TPSA) is 76.1 Å². The van der Waals surface area contributed by atoms with Crippen molar-refractivity contribution >= 4 is 17.4 Å². The molecule has 3 rings (SSSR count). The first kappa shape index (κ1) is 26.3. The maximum Gasteiger partial charge on any atom is 0.295 e. The fourth-order valence-corrected chi connectivity index (χ4v) is 4.39. The van der Waals surface area contributed by atoms with Crippen LogP contribution >= 0.6 is 0 Å². The molecule has 1 aliphatic heterocycles. The number of carbonyl (C=O) groups excluding carboxylic acids is 2.